The van der Waals surface area contributed by atoms with Gasteiger partial charge in [-0.1, -0.05) is 26.2 Å². The van der Waals surface area contributed by atoms with Crippen LogP contribution < -0.4 is 16.0 Å². The molecule has 2 radical (unpaired) electrons. The number of nitrogens with one attached hydrogen (secondary N) is 3. The van der Waals surface area contributed by atoms with Crippen LogP contribution in [0.1, 0.15) is 74.0 Å². The van der Waals surface area contributed by atoms with E-state index in [1.54, 1.807) is 0 Å². The molecule has 4 fully saturated rings. The Hall–Kier alpha value is -1.13. The third-order valence-corrected chi connectivity index (χ3v) is 8.20. The first kappa shape index (κ1) is 22.1. The molecule has 2 heterocycles. The summed E-state index contributed by atoms with van der Waals surface area (Å²) in [6.45, 7) is 11.8. The van der Waals surface area contributed by atoms with Gasteiger partial charge in [-0.25, -0.2) is 0 Å². The van der Waals surface area contributed by atoms with Crippen LogP contribution in [-0.2, 0) is 4.79 Å². The predicted molar refractivity (Wildman–Crippen MR) is 124 cm³/mol. The zero-order valence-corrected chi connectivity index (χ0v) is 18.8. The maximum Gasteiger partial charge on any atom is 0.225 e. The second-order valence-electron chi connectivity index (χ2n) is 10.3. The van der Waals surface area contributed by atoms with E-state index in [-0.39, 0.29) is 15.1 Å². The Kier molecular flexibility index (Phi) is 7.69. The lowest BCUT2D eigenvalue weighted by atomic mass is 9.76. The summed E-state index contributed by atoms with van der Waals surface area (Å²) in [5.41, 5.74) is 3.94. The highest BCUT2D eigenvalue weighted by Gasteiger charge is 2.34. The third-order valence-electron chi connectivity index (χ3n) is 8.20. The quantitative estimate of drug-likeness (QED) is 0.614. The predicted octanol–water partition coefficient (Wildman–Crippen LogP) is 3.55. The Bertz CT molecular complexity index is 628. The number of rotatable bonds is 4. The molecule has 2 atom stereocenters. The smallest absolute Gasteiger partial charge is 0.225 e. The van der Waals surface area contributed by atoms with Crippen LogP contribution in [0.3, 0.4) is 0 Å². The first-order valence-electron chi connectivity index (χ1n) is 12.4. The van der Waals surface area contributed by atoms with Crippen LogP contribution in [0.15, 0.2) is 11.3 Å². The van der Waals surface area contributed by atoms with Crippen molar-refractivity contribution < 1.29 is 7.65 Å². The van der Waals surface area contributed by atoms with Crippen molar-refractivity contribution in [3.8, 4) is 0 Å². The number of carbonyl (C=O) groups is 1. The summed E-state index contributed by atoms with van der Waals surface area (Å²) in [6.07, 6.45) is 11.9. The van der Waals surface area contributed by atoms with Gasteiger partial charge in [-0.05, 0) is 74.9 Å². The van der Waals surface area contributed by atoms with Gasteiger partial charge < -0.3 is 4.90 Å². The van der Waals surface area contributed by atoms with Crippen LogP contribution >= 0.6 is 0 Å². The molecule has 0 aromatic carbocycles. The lowest BCUT2D eigenvalue weighted by Gasteiger charge is -2.41. The molecule has 1 amide bonds. The molecular formula is C25H44N4O. The van der Waals surface area contributed by atoms with Crippen LogP contribution in [0.2, 0.25) is 0 Å². The highest BCUT2D eigenvalue weighted by Crippen LogP contribution is 2.33. The number of carbonyl (C=O) groups excluding carboxylic acids is 1. The SMILES string of the molecule is [CH]=C=C1CCN(C(=O)C2CCCC(NC3NCC(C4CCC(C)CC4)CN3)C2)CC1.[HH].[H]. The fourth-order valence-corrected chi connectivity index (χ4v) is 6.09. The van der Waals surface area contributed by atoms with Crippen molar-refractivity contribution in [2.45, 2.75) is 83.5 Å². The minimum Gasteiger partial charge on any atom is -0.342 e. The molecule has 0 bridgehead atoms. The summed E-state index contributed by atoms with van der Waals surface area (Å²) >= 11 is 0. The van der Waals surface area contributed by atoms with Crippen molar-refractivity contribution in [1.29, 1.82) is 0 Å². The van der Waals surface area contributed by atoms with Crippen LogP contribution in [0.5, 0.6) is 0 Å². The van der Waals surface area contributed by atoms with Gasteiger partial charge in [0.1, 0.15) is 6.29 Å². The van der Waals surface area contributed by atoms with Gasteiger partial charge in [0.15, 0.2) is 0 Å². The van der Waals surface area contributed by atoms with E-state index in [0.29, 0.717) is 11.9 Å². The van der Waals surface area contributed by atoms with Crippen molar-refractivity contribution in [2.75, 3.05) is 26.2 Å². The van der Waals surface area contributed by atoms with Gasteiger partial charge in [0.2, 0.25) is 5.91 Å². The Morgan fingerprint density at radius 2 is 1.80 bits per heavy atom. The highest BCUT2D eigenvalue weighted by atomic mass is 16.2. The molecule has 170 valence electrons. The third kappa shape index (κ3) is 5.56. The molecule has 2 aliphatic carbocycles. The lowest BCUT2D eigenvalue weighted by Crippen LogP contribution is -2.63. The normalized spacial score (nSPS) is 38.2. The summed E-state index contributed by atoms with van der Waals surface area (Å²) < 4.78 is 0. The van der Waals surface area contributed by atoms with E-state index in [9.17, 15) is 4.79 Å². The monoisotopic (exact) mass is 416 g/mol. The average molecular weight is 417 g/mol. The van der Waals surface area contributed by atoms with Crippen molar-refractivity contribution >= 4 is 5.91 Å². The Balaban J connectivity index is 0.00000181. The molecule has 0 spiro atoms. The van der Waals surface area contributed by atoms with Gasteiger partial charge in [-0.15, -0.1) is 5.73 Å². The highest BCUT2D eigenvalue weighted by molar-refractivity contribution is 5.79. The van der Waals surface area contributed by atoms with E-state index in [1.165, 1.54) is 32.1 Å². The number of hydrogen-bond donors (Lipinski definition) is 3. The first-order valence-corrected chi connectivity index (χ1v) is 12.4. The van der Waals surface area contributed by atoms with Crippen LogP contribution in [-0.4, -0.2) is 49.3 Å². The van der Waals surface area contributed by atoms with Crippen LogP contribution in [0.4, 0.5) is 0 Å². The molecule has 2 saturated carbocycles. The van der Waals surface area contributed by atoms with E-state index >= 15 is 0 Å². The van der Waals surface area contributed by atoms with E-state index in [1.807, 2.05) is 0 Å². The Labute approximate surface area is 186 Å². The van der Waals surface area contributed by atoms with Gasteiger partial charge in [-0.3, -0.25) is 20.7 Å². The summed E-state index contributed by atoms with van der Waals surface area (Å²) in [7, 11) is 0. The molecule has 4 rings (SSSR count). The molecule has 0 aromatic heterocycles. The van der Waals surface area contributed by atoms with Gasteiger partial charge in [-0.2, -0.15) is 0 Å². The fourth-order valence-electron chi connectivity index (χ4n) is 6.09. The van der Waals surface area contributed by atoms with Crippen LogP contribution in [0.25, 0.3) is 0 Å². The second kappa shape index (κ2) is 10.5. The maximum atomic E-state index is 13.0. The topological polar surface area (TPSA) is 56.4 Å². The molecule has 30 heavy (non-hydrogen) atoms. The molecule has 2 saturated heterocycles. The minimum absolute atomic E-state index is 0. The van der Waals surface area contributed by atoms with E-state index in [0.717, 1.165) is 81.6 Å². The van der Waals surface area contributed by atoms with E-state index in [4.69, 9.17) is 6.58 Å². The summed E-state index contributed by atoms with van der Waals surface area (Å²) in [5.74, 6) is 3.10. The second-order valence-corrected chi connectivity index (χ2v) is 10.3. The molecule has 5 heteroatoms. The molecular weight excluding hydrogens is 372 g/mol. The molecule has 3 N–H and O–H groups in total. The molecule has 2 aliphatic heterocycles. The largest absolute Gasteiger partial charge is 0.342 e. The number of piperidine rings is 1. The summed E-state index contributed by atoms with van der Waals surface area (Å²) in [4.78, 5) is 15.1. The van der Waals surface area contributed by atoms with E-state index < -0.39 is 0 Å². The minimum atomic E-state index is 0. The van der Waals surface area contributed by atoms with Crippen molar-refractivity contribution in [3.63, 3.8) is 0 Å². The first-order chi connectivity index (χ1) is 14.6. The van der Waals surface area contributed by atoms with Gasteiger partial charge >= 0.3 is 0 Å². The Morgan fingerprint density at radius 3 is 2.47 bits per heavy atom. The zero-order chi connectivity index (χ0) is 20.9. The number of amides is 1. The lowest BCUT2D eigenvalue weighted by molar-refractivity contribution is -0.137. The number of hydrogen-bond acceptors (Lipinski definition) is 4. The van der Waals surface area contributed by atoms with E-state index in [2.05, 4.69) is 33.5 Å². The van der Waals surface area contributed by atoms with Crippen molar-refractivity contribution in [1.82, 2.24) is 20.9 Å². The standard InChI is InChI=1S/C25H41N4O.H2.H/c1-3-19-11-13-29(14-12-19)24(30)21-5-4-6-23(15-21)28-25-26-16-22(17-27-25)20-9-7-18(2)8-10-20;;/h1,18,20-23,25-28H,4-17H2,2H3;1H;. The molecule has 0 aromatic rings. The van der Waals surface area contributed by atoms with Crippen molar-refractivity contribution in [2.24, 2.45) is 23.7 Å². The van der Waals surface area contributed by atoms with Crippen molar-refractivity contribution in [3.05, 3.63) is 17.9 Å². The number of nitrogens with zero attached hydrogens (tertiary/aromatic N) is 1. The van der Waals surface area contributed by atoms with Gasteiger partial charge in [0.25, 0.3) is 0 Å². The molecule has 4 aliphatic rings. The van der Waals surface area contributed by atoms with Crippen LogP contribution in [0, 0.1) is 30.3 Å². The average Bonchev–Trinajstić information content (AvgIpc) is 2.80. The van der Waals surface area contributed by atoms with Gasteiger partial charge in [0.05, 0.1) is 0 Å². The summed E-state index contributed by atoms with van der Waals surface area (Å²) in [6, 6.07) is 0.419. The Morgan fingerprint density at radius 1 is 1.10 bits per heavy atom. The zero-order valence-electron chi connectivity index (χ0n) is 19.8. The summed E-state index contributed by atoms with van der Waals surface area (Å²) in [5, 5.41) is 11.2. The maximum absolute atomic E-state index is 13.0. The van der Waals surface area contributed by atoms with Gasteiger partial charge in [0, 0.05) is 41.0 Å². The number of likely N-dealkylation sites (tertiary alicyclic amines) is 1. The fraction of sp³-hybridized carbons (Fsp3) is 0.840. The molecule has 2 unspecified atom stereocenters. The molecule has 5 nitrogen and oxygen atoms in total.